The van der Waals surface area contributed by atoms with Crippen LogP contribution in [0.4, 0.5) is 0 Å². The lowest BCUT2D eigenvalue weighted by atomic mass is 9.67. The van der Waals surface area contributed by atoms with Gasteiger partial charge in [0.05, 0.1) is 5.41 Å². The first-order valence-corrected chi connectivity index (χ1v) is 9.84. The van der Waals surface area contributed by atoms with Crippen molar-refractivity contribution in [1.82, 2.24) is 0 Å². The first-order chi connectivity index (χ1) is 13.9. The highest BCUT2D eigenvalue weighted by Gasteiger charge is 2.42. The lowest BCUT2D eigenvalue weighted by Crippen LogP contribution is -2.32. The molecule has 1 unspecified atom stereocenters. The highest BCUT2D eigenvalue weighted by atomic mass is 16.5. The Morgan fingerprint density at radius 3 is 2.03 bits per heavy atom. The molecule has 1 atom stereocenters. The van der Waals surface area contributed by atoms with E-state index in [1.54, 1.807) is 24.3 Å². The number of rotatable bonds is 4. The van der Waals surface area contributed by atoms with Crippen molar-refractivity contribution < 1.29 is 19.7 Å². The number of hydrogen-bond acceptors (Lipinski definition) is 4. The average molecular weight is 388 g/mol. The summed E-state index contributed by atoms with van der Waals surface area (Å²) in [4.78, 5) is 13.2. The van der Waals surface area contributed by atoms with Crippen LogP contribution in [0.3, 0.4) is 0 Å². The lowest BCUT2D eigenvalue weighted by molar-refractivity contribution is 0.0925. The number of Topliss-reactive ketones (excluding diaryl/α,β-unsaturated/α-hetero) is 1. The normalized spacial score (nSPS) is 15.0. The number of phenolic OH excluding ortho intramolecular Hbond substituents is 2. The highest BCUT2D eigenvalue weighted by Crippen LogP contribution is 2.53. The van der Waals surface area contributed by atoms with Gasteiger partial charge in [0.1, 0.15) is 23.0 Å². The number of ketones is 1. The van der Waals surface area contributed by atoms with Crippen LogP contribution in [0, 0.1) is 5.92 Å². The zero-order valence-corrected chi connectivity index (χ0v) is 16.8. The third kappa shape index (κ3) is 2.96. The number of benzene rings is 3. The van der Waals surface area contributed by atoms with E-state index in [0.717, 1.165) is 23.1 Å². The van der Waals surface area contributed by atoms with Gasteiger partial charge >= 0.3 is 0 Å². The summed E-state index contributed by atoms with van der Waals surface area (Å²) in [5, 5.41) is 20.0. The van der Waals surface area contributed by atoms with Gasteiger partial charge in [-0.3, -0.25) is 4.79 Å². The summed E-state index contributed by atoms with van der Waals surface area (Å²) in [6, 6.07) is 17.8. The van der Waals surface area contributed by atoms with Crippen LogP contribution in [0.5, 0.6) is 23.0 Å². The summed E-state index contributed by atoms with van der Waals surface area (Å²) in [6.07, 6.45) is 0.766. The van der Waals surface area contributed by atoms with Gasteiger partial charge in [0.25, 0.3) is 0 Å². The second-order valence-electron chi connectivity index (χ2n) is 7.81. The smallest absolute Gasteiger partial charge is 0.165 e. The number of carbonyl (C=O) groups excluding carboxylic acids is 1. The minimum absolute atomic E-state index is 0.0850. The summed E-state index contributed by atoms with van der Waals surface area (Å²) in [5.41, 5.74) is 2.59. The molecule has 0 spiro atoms. The molecule has 0 fully saturated rings. The molecule has 4 nitrogen and oxygen atoms in total. The van der Waals surface area contributed by atoms with Crippen LogP contribution < -0.4 is 4.74 Å². The number of aromatic hydroxyl groups is 2. The predicted molar refractivity (Wildman–Crippen MR) is 112 cm³/mol. The molecule has 1 heterocycles. The SMILES string of the molecule is CCC(C)C(=O)c1ccccc1C1(C)c2ccc(O)cc2Oc2cc(O)ccc21. The number of fused-ring (bicyclic) bond motifs is 2. The molecule has 4 heteroatoms. The maximum Gasteiger partial charge on any atom is 0.165 e. The van der Waals surface area contributed by atoms with Gasteiger partial charge in [-0.2, -0.15) is 0 Å². The van der Waals surface area contributed by atoms with E-state index in [0.29, 0.717) is 17.1 Å². The third-order valence-electron chi connectivity index (χ3n) is 6.02. The molecular weight excluding hydrogens is 364 g/mol. The Labute approximate surface area is 170 Å². The topological polar surface area (TPSA) is 66.8 Å². The van der Waals surface area contributed by atoms with E-state index in [1.807, 2.05) is 50.2 Å². The zero-order valence-electron chi connectivity index (χ0n) is 16.8. The molecule has 3 aromatic carbocycles. The van der Waals surface area contributed by atoms with Crippen molar-refractivity contribution >= 4 is 5.78 Å². The van der Waals surface area contributed by atoms with Gasteiger partial charge in [0.2, 0.25) is 0 Å². The Bertz CT molecular complexity index is 1050. The minimum Gasteiger partial charge on any atom is -0.508 e. The molecule has 0 aromatic heterocycles. The molecule has 0 amide bonds. The maximum atomic E-state index is 13.2. The van der Waals surface area contributed by atoms with E-state index in [-0.39, 0.29) is 23.2 Å². The fourth-order valence-corrected chi connectivity index (χ4v) is 4.16. The second-order valence-corrected chi connectivity index (χ2v) is 7.81. The molecule has 1 aliphatic heterocycles. The van der Waals surface area contributed by atoms with Crippen LogP contribution in [0.15, 0.2) is 60.7 Å². The quantitative estimate of drug-likeness (QED) is 0.556. The Morgan fingerprint density at radius 1 is 0.931 bits per heavy atom. The molecule has 0 saturated carbocycles. The van der Waals surface area contributed by atoms with Gasteiger partial charge < -0.3 is 14.9 Å². The van der Waals surface area contributed by atoms with E-state index in [9.17, 15) is 15.0 Å². The predicted octanol–water partition coefficient (Wildman–Crippen LogP) is 5.79. The molecule has 2 N–H and O–H groups in total. The van der Waals surface area contributed by atoms with Gasteiger partial charge in [-0.1, -0.05) is 50.2 Å². The van der Waals surface area contributed by atoms with Gasteiger partial charge in [0, 0.05) is 34.7 Å². The first-order valence-electron chi connectivity index (χ1n) is 9.84. The van der Waals surface area contributed by atoms with Crippen LogP contribution in [0.2, 0.25) is 0 Å². The van der Waals surface area contributed by atoms with Crippen molar-refractivity contribution in [2.45, 2.75) is 32.6 Å². The first kappa shape index (κ1) is 19.1. The number of ether oxygens (including phenoxy) is 1. The molecule has 0 bridgehead atoms. The summed E-state index contributed by atoms with van der Waals surface area (Å²) < 4.78 is 6.02. The van der Waals surface area contributed by atoms with E-state index in [1.165, 1.54) is 0 Å². The van der Waals surface area contributed by atoms with E-state index in [2.05, 4.69) is 6.92 Å². The molecule has 4 rings (SSSR count). The van der Waals surface area contributed by atoms with Crippen molar-refractivity contribution in [2.24, 2.45) is 5.92 Å². The number of hydrogen-bond donors (Lipinski definition) is 2. The van der Waals surface area contributed by atoms with E-state index in [4.69, 9.17) is 4.74 Å². The zero-order chi connectivity index (χ0) is 20.8. The summed E-state index contributed by atoms with van der Waals surface area (Å²) in [5.74, 6) is 1.24. The van der Waals surface area contributed by atoms with Gasteiger partial charge in [-0.15, -0.1) is 0 Å². The van der Waals surface area contributed by atoms with Crippen molar-refractivity contribution in [3.05, 3.63) is 82.9 Å². The molecule has 1 aliphatic rings. The average Bonchev–Trinajstić information content (AvgIpc) is 2.72. The summed E-state index contributed by atoms with van der Waals surface area (Å²) in [7, 11) is 0. The molecule has 29 heavy (non-hydrogen) atoms. The summed E-state index contributed by atoms with van der Waals surface area (Å²) in [6.45, 7) is 6.02. The van der Waals surface area contributed by atoms with E-state index < -0.39 is 5.41 Å². The largest absolute Gasteiger partial charge is 0.508 e. The van der Waals surface area contributed by atoms with Crippen LogP contribution in [-0.4, -0.2) is 16.0 Å². The molecule has 148 valence electrons. The standard InChI is InChI=1S/C25H24O4/c1-4-15(2)24(28)18-7-5-6-8-19(18)25(3)20-11-9-16(26)13-22(20)29-23-14-17(27)10-12-21(23)25/h5-15,26-27H,4H2,1-3H3. The molecule has 0 radical (unpaired) electrons. The van der Waals surface area contributed by atoms with Crippen molar-refractivity contribution in [1.29, 1.82) is 0 Å². The van der Waals surface area contributed by atoms with Gasteiger partial charge in [0.15, 0.2) is 5.78 Å². The fourth-order valence-electron chi connectivity index (χ4n) is 4.16. The van der Waals surface area contributed by atoms with Crippen LogP contribution in [0.25, 0.3) is 0 Å². The Balaban J connectivity index is 2.03. The van der Waals surface area contributed by atoms with Crippen molar-refractivity contribution in [2.75, 3.05) is 0 Å². The van der Waals surface area contributed by atoms with Gasteiger partial charge in [-0.05, 0) is 31.0 Å². The van der Waals surface area contributed by atoms with Crippen LogP contribution >= 0.6 is 0 Å². The van der Waals surface area contributed by atoms with Crippen LogP contribution in [-0.2, 0) is 5.41 Å². The Kier molecular flexibility index (Phi) is 4.58. The van der Waals surface area contributed by atoms with Crippen LogP contribution in [0.1, 0.15) is 54.2 Å². The fraction of sp³-hybridized carbons (Fsp3) is 0.240. The van der Waals surface area contributed by atoms with Crippen molar-refractivity contribution in [3.8, 4) is 23.0 Å². The molecule has 0 saturated heterocycles. The summed E-state index contributed by atoms with van der Waals surface area (Å²) >= 11 is 0. The Morgan fingerprint density at radius 2 is 1.48 bits per heavy atom. The number of phenols is 2. The molecule has 0 aliphatic carbocycles. The highest BCUT2D eigenvalue weighted by molar-refractivity contribution is 5.99. The molecular formula is C25H24O4. The monoisotopic (exact) mass is 388 g/mol. The van der Waals surface area contributed by atoms with Crippen molar-refractivity contribution in [3.63, 3.8) is 0 Å². The molecule has 3 aromatic rings. The Hall–Kier alpha value is -3.27. The van der Waals surface area contributed by atoms with Gasteiger partial charge in [-0.25, -0.2) is 0 Å². The second kappa shape index (κ2) is 6.96. The lowest BCUT2D eigenvalue weighted by Gasteiger charge is -2.39. The minimum atomic E-state index is -0.690. The third-order valence-corrected chi connectivity index (χ3v) is 6.02. The van der Waals surface area contributed by atoms with E-state index >= 15 is 0 Å². The number of carbonyl (C=O) groups is 1. The maximum absolute atomic E-state index is 13.2.